The van der Waals surface area contributed by atoms with Crippen molar-refractivity contribution in [1.82, 2.24) is 0 Å². The van der Waals surface area contributed by atoms with E-state index in [2.05, 4.69) is 45.0 Å². The largest absolute Gasteiger partial charge is 0.247 e. The molecule has 2 saturated carbocycles. The van der Waals surface area contributed by atoms with Gasteiger partial charge in [-0.15, -0.1) is 0 Å². The summed E-state index contributed by atoms with van der Waals surface area (Å²) in [5.74, 6) is 3.15. The molecule has 1 aromatic rings. The lowest BCUT2D eigenvalue weighted by molar-refractivity contribution is 0.0751. The number of benzene rings is 1. The molecule has 4 unspecified atom stereocenters. The van der Waals surface area contributed by atoms with Crippen LogP contribution in [0, 0.1) is 23.7 Å². The molecule has 1 heteroatoms. The number of hydrogen-bond donors (Lipinski definition) is 0. The molecular weight excluding hydrogens is 343 g/mol. The van der Waals surface area contributed by atoms with E-state index >= 15 is 4.39 Å². The first-order valence-corrected chi connectivity index (χ1v) is 12.3. The Bertz CT molecular complexity index is 554. The van der Waals surface area contributed by atoms with Gasteiger partial charge in [0.15, 0.2) is 0 Å². The van der Waals surface area contributed by atoms with Crippen molar-refractivity contribution in [3.63, 3.8) is 0 Å². The Labute approximate surface area is 173 Å². The Morgan fingerprint density at radius 2 is 1.68 bits per heavy atom. The van der Waals surface area contributed by atoms with Gasteiger partial charge in [-0.2, -0.15) is 0 Å². The number of aryl methyl sites for hydroxylation is 1. The molecule has 2 aliphatic rings. The monoisotopic (exact) mass is 386 g/mol. The van der Waals surface area contributed by atoms with Crippen LogP contribution in [-0.2, 0) is 6.42 Å². The molecule has 2 aliphatic carbocycles. The van der Waals surface area contributed by atoms with Gasteiger partial charge >= 0.3 is 0 Å². The standard InChI is InChI=1S/C27H43F/c1-4-6-20(2)7-5-8-22-11-15-23(16-12-22)25-17-18-26(27(28)19-25)24-13-9-21(3)10-14-24/h11-12,15-16,20-21,24-27H,4-10,13-14,17-19H2,1-3H3. The smallest absolute Gasteiger partial charge is 0.104 e. The summed E-state index contributed by atoms with van der Waals surface area (Å²) in [4.78, 5) is 0. The number of alkyl halides is 1. The summed E-state index contributed by atoms with van der Waals surface area (Å²) in [5.41, 5.74) is 2.83. The van der Waals surface area contributed by atoms with Crippen molar-refractivity contribution in [2.45, 2.75) is 110 Å². The Hall–Kier alpha value is -0.850. The van der Waals surface area contributed by atoms with Crippen LogP contribution in [0.3, 0.4) is 0 Å². The predicted octanol–water partition coefficient (Wildman–Crippen LogP) is 8.49. The van der Waals surface area contributed by atoms with Gasteiger partial charge in [0, 0.05) is 0 Å². The van der Waals surface area contributed by atoms with E-state index in [0.717, 1.165) is 24.7 Å². The summed E-state index contributed by atoms with van der Waals surface area (Å²) in [6.07, 6.45) is 14.1. The molecule has 0 aliphatic heterocycles. The lowest BCUT2D eigenvalue weighted by atomic mass is 9.67. The van der Waals surface area contributed by atoms with Crippen LogP contribution in [0.5, 0.6) is 0 Å². The Morgan fingerprint density at radius 1 is 0.964 bits per heavy atom. The van der Waals surface area contributed by atoms with Gasteiger partial charge in [-0.05, 0) is 85.7 Å². The van der Waals surface area contributed by atoms with E-state index in [9.17, 15) is 0 Å². The molecule has 0 aromatic heterocycles. The van der Waals surface area contributed by atoms with E-state index in [1.54, 1.807) is 0 Å². The van der Waals surface area contributed by atoms with Crippen LogP contribution in [0.25, 0.3) is 0 Å². The average molecular weight is 387 g/mol. The molecular formula is C27H43F. The van der Waals surface area contributed by atoms with Crippen molar-refractivity contribution >= 4 is 0 Å². The third kappa shape index (κ3) is 6.07. The molecule has 3 rings (SSSR count). The van der Waals surface area contributed by atoms with Gasteiger partial charge in [0.1, 0.15) is 6.17 Å². The lowest BCUT2D eigenvalue weighted by Crippen LogP contribution is -2.33. The maximum Gasteiger partial charge on any atom is 0.104 e. The lowest BCUT2D eigenvalue weighted by Gasteiger charge is -2.39. The van der Waals surface area contributed by atoms with E-state index in [1.807, 2.05) is 0 Å². The predicted molar refractivity (Wildman–Crippen MR) is 120 cm³/mol. The summed E-state index contributed by atoms with van der Waals surface area (Å²) >= 11 is 0. The molecule has 28 heavy (non-hydrogen) atoms. The molecule has 0 bridgehead atoms. The summed E-state index contributed by atoms with van der Waals surface area (Å²) in [7, 11) is 0. The van der Waals surface area contributed by atoms with Gasteiger partial charge in [-0.1, -0.05) is 77.1 Å². The zero-order valence-electron chi connectivity index (χ0n) is 18.6. The van der Waals surface area contributed by atoms with E-state index in [1.165, 1.54) is 75.3 Å². The molecule has 2 fully saturated rings. The molecule has 0 saturated heterocycles. The van der Waals surface area contributed by atoms with Gasteiger partial charge in [0.25, 0.3) is 0 Å². The Balaban J connectivity index is 1.46. The van der Waals surface area contributed by atoms with Gasteiger partial charge in [0.05, 0.1) is 0 Å². The van der Waals surface area contributed by atoms with Crippen molar-refractivity contribution in [2.75, 3.05) is 0 Å². The normalized spacial score (nSPS) is 32.2. The molecule has 0 radical (unpaired) electrons. The van der Waals surface area contributed by atoms with Crippen LogP contribution in [0.1, 0.15) is 108 Å². The topological polar surface area (TPSA) is 0 Å². The van der Waals surface area contributed by atoms with Crippen LogP contribution in [0.4, 0.5) is 4.39 Å². The molecule has 0 heterocycles. The molecule has 1 aromatic carbocycles. The van der Waals surface area contributed by atoms with Gasteiger partial charge < -0.3 is 0 Å². The highest BCUT2D eigenvalue weighted by Gasteiger charge is 2.37. The minimum atomic E-state index is -0.586. The highest BCUT2D eigenvalue weighted by molar-refractivity contribution is 5.26. The Morgan fingerprint density at radius 3 is 2.32 bits per heavy atom. The number of halogens is 1. The van der Waals surface area contributed by atoms with Crippen molar-refractivity contribution in [1.29, 1.82) is 0 Å². The molecule has 0 spiro atoms. The fraction of sp³-hybridized carbons (Fsp3) is 0.778. The number of hydrogen-bond acceptors (Lipinski definition) is 0. The Kier molecular flexibility index (Phi) is 8.42. The SMILES string of the molecule is CCCC(C)CCCc1ccc(C2CCC(C3CCC(C)CC3)C(F)C2)cc1. The van der Waals surface area contributed by atoms with Crippen LogP contribution in [0.2, 0.25) is 0 Å². The average Bonchev–Trinajstić information content (AvgIpc) is 2.69. The zero-order chi connectivity index (χ0) is 19.9. The fourth-order valence-electron chi connectivity index (χ4n) is 5.93. The first-order chi connectivity index (χ1) is 13.6. The van der Waals surface area contributed by atoms with Crippen LogP contribution < -0.4 is 0 Å². The maximum absolute atomic E-state index is 15.0. The van der Waals surface area contributed by atoms with Gasteiger partial charge in [0.2, 0.25) is 0 Å². The molecule has 0 nitrogen and oxygen atoms in total. The minimum absolute atomic E-state index is 0.341. The van der Waals surface area contributed by atoms with E-state index in [-0.39, 0.29) is 0 Å². The number of rotatable bonds is 8. The van der Waals surface area contributed by atoms with Crippen LogP contribution in [-0.4, -0.2) is 6.17 Å². The summed E-state index contributed by atoms with van der Waals surface area (Å²) in [6.45, 7) is 7.01. The third-order valence-corrected chi connectivity index (χ3v) is 7.88. The van der Waals surface area contributed by atoms with E-state index < -0.39 is 6.17 Å². The van der Waals surface area contributed by atoms with Crippen molar-refractivity contribution in [2.24, 2.45) is 23.7 Å². The first-order valence-electron chi connectivity index (χ1n) is 12.3. The van der Waals surface area contributed by atoms with Crippen molar-refractivity contribution < 1.29 is 4.39 Å². The van der Waals surface area contributed by atoms with Gasteiger partial charge in [-0.25, -0.2) is 4.39 Å². The highest BCUT2D eigenvalue weighted by atomic mass is 19.1. The summed E-state index contributed by atoms with van der Waals surface area (Å²) in [6, 6.07) is 9.21. The molecule has 158 valence electrons. The molecule has 4 atom stereocenters. The van der Waals surface area contributed by atoms with Crippen molar-refractivity contribution in [3.05, 3.63) is 35.4 Å². The van der Waals surface area contributed by atoms with E-state index in [0.29, 0.717) is 17.8 Å². The summed E-state index contributed by atoms with van der Waals surface area (Å²) in [5, 5.41) is 0. The van der Waals surface area contributed by atoms with Crippen LogP contribution in [0.15, 0.2) is 24.3 Å². The summed E-state index contributed by atoms with van der Waals surface area (Å²) < 4.78 is 15.0. The maximum atomic E-state index is 15.0. The molecule has 0 amide bonds. The second-order valence-electron chi connectivity index (χ2n) is 10.2. The third-order valence-electron chi connectivity index (χ3n) is 7.88. The highest BCUT2D eigenvalue weighted by Crippen LogP contribution is 2.45. The van der Waals surface area contributed by atoms with E-state index in [4.69, 9.17) is 0 Å². The van der Waals surface area contributed by atoms with Crippen LogP contribution >= 0.6 is 0 Å². The quantitative estimate of drug-likeness (QED) is 0.420. The minimum Gasteiger partial charge on any atom is -0.247 e. The van der Waals surface area contributed by atoms with Gasteiger partial charge in [-0.3, -0.25) is 0 Å². The first kappa shape index (κ1) is 21.8. The second-order valence-corrected chi connectivity index (χ2v) is 10.2. The fourth-order valence-corrected chi connectivity index (χ4v) is 5.93. The molecule has 0 N–H and O–H groups in total. The zero-order valence-corrected chi connectivity index (χ0v) is 18.6. The second kappa shape index (κ2) is 10.8. The van der Waals surface area contributed by atoms with Crippen molar-refractivity contribution in [3.8, 4) is 0 Å².